The molecule has 2 aromatic carbocycles. The van der Waals surface area contributed by atoms with Gasteiger partial charge in [-0.1, -0.05) is 24.3 Å². The van der Waals surface area contributed by atoms with Crippen LogP contribution in [-0.2, 0) is 6.54 Å². The van der Waals surface area contributed by atoms with Crippen LogP contribution < -0.4 is 10.1 Å². The molecule has 0 unspecified atom stereocenters. The first kappa shape index (κ1) is 18.2. The Kier molecular flexibility index (Phi) is 5.08. The second-order valence-corrected chi connectivity index (χ2v) is 7.50. The van der Waals surface area contributed by atoms with E-state index in [1.54, 1.807) is 18.4 Å². The Hall–Kier alpha value is -3.18. The van der Waals surface area contributed by atoms with E-state index >= 15 is 0 Å². The molecule has 4 rings (SSSR count). The molecule has 0 radical (unpaired) electrons. The predicted octanol–water partition coefficient (Wildman–Crippen LogP) is 5.21. The number of nitrogens with zero attached hydrogens (tertiary/aromatic N) is 1. The fourth-order valence-corrected chi connectivity index (χ4v) is 3.94. The molecule has 0 saturated carbocycles. The summed E-state index contributed by atoms with van der Waals surface area (Å²) >= 11 is 1.63. The minimum atomic E-state index is -0.0840. The number of hydrogen-bond donors (Lipinski definition) is 1. The number of benzene rings is 2. The van der Waals surface area contributed by atoms with Crippen molar-refractivity contribution in [1.82, 2.24) is 10.3 Å². The average molecular weight is 388 g/mol. The van der Waals surface area contributed by atoms with Gasteiger partial charge >= 0.3 is 0 Å². The van der Waals surface area contributed by atoms with Crippen molar-refractivity contribution in [3.63, 3.8) is 0 Å². The van der Waals surface area contributed by atoms with E-state index < -0.39 is 0 Å². The second kappa shape index (κ2) is 7.82. The van der Waals surface area contributed by atoms with Crippen molar-refractivity contribution in [2.75, 3.05) is 7.11 Å². The minimum absolute atomic E-state index is 0.0840. The van der Waals surface area contributed by atoms with E-state index in [1.165, 1.54) is 0 Å². The van der Waals surface area contributed by atoms with Gasteiger partial charge in [-0.3, -0.25) is 4.79 Å². The van der Waals surface area contributed by atoms with Crippen molar-refractivity contribution >= 4 is 28.1 Å². The largest absolute Gasteiger partial charge is 0.497 e. The summed E-state index contributed by atoms with van der Waals surface area (Å²) in [5, 5.41) is 5.93. The van der Waals surface area contributed by atoms with Crippen LogP contribution in [0.1, 0.15) is 20.8 Å². The molecular weight excluding hydrogens is 368 g/mol. The first-order valence-electron chi connectivity index (χ1n) is 9.01. The SMILES string of the molecule is COc1ccc(-c2nc3ccccc3c(C(=O)NCc3cccs3)c2C)cc1. The average Bonchev–Trinajstić information content (AvgIpc) is 3.25. The molecule has 4 aromatic rings. The summed E-state index contributed by atoms with van der Waals surface area (Å²) in [5.74, 6) is 0.704. The van der Waals surface area contributed by atoms with Gasteiger partial charge in [-0.2, -0.15) is 0 Å². The van der Waals surface area contributed by atoms with E-state index in [4.69, 9.17) is 9.72 Å². The highest BCUT2D eigenvalue weighted by atomic mass is 32.1. The fourth-order valence-electron chi connectivity index (χ4n) is 3.30. The molecule has 0 saturated heterocycles. The molecule has 4 nitrogen and oxygen atoms in total. The van der Waals surface area contributed by atoms with Crippen molar-refractivity contribution in [1.29, 1.82) is 0 Å². The van der Waals surface area contributed by atoms with Crippen molar-refractivity contribution < 1.29 is 9.53 Å². The number of hydrogen-bond acceptors (Lipinski definition) is 4. The van der Waals surface area contributed by atoms with Gasteiger partial charge in [-0.25, -0.2) is 4.98 Å². The number of methoxy groups -OCH3 is 1. The maximum absolute atomic E-state index is 13.1. The Morgan fingerprint density at radius 1 is 1.07 bits per heavy atom. The van der Waals surface area contributed by atoms with Crippen LogP contribution in [0.15, 0.2) is 66.0 Å². The molecule has 0 fully saturated rings. The molecule has 0 atom stereocenters. The molecule has 0 spiro atoms. The zero-order valence-corrected chi connectivity index (χ0v) is 16.5. The highest BCUT2D eigenvalue weighted by Crippen LogP contribution is 2.30. The molecule has 28 heavy (non-hydrogen) atoms. The maximum atomic E-state index is 13.1. The summed E-state index contributed by atoms with van der Waals surface area (Å²) < 4.78 is 5.25. The Balaban J connectivity index is 1.79. The molecule has 5 heteroatoms. The highest BCUT2D eigenvalue weighted by molar-refractivity contribution is 7.09. The van der Waals surface area contributed by atoms with Crippen molar-refractivity contribution in [3.05, 3.63) is 82.0 Å². The first-order valence-corrected chi connectivity index (χ1v) is 9.89. The standard InChI is InChI=1S/C23H20N2O2S/c1-15-21(23(26)24-14-18-6-5-13-28-18)19-7-3-4-8-20(19)25-22(15)16-9-11-17(27-2)12-10-16/h3-13H,14H2,1-2H3,(H,24,26). The smallest absolute Gasteiger partial charge is 0.252 e. The van der Waals surface area contributed by atoms with Crippen LogP contribution in [0.3, 0.4) is 0 Å². The lowest BCUT2D eigenvalue weighted by molar-refractivity contribution is 0.0952. The van der Waals surface area contributed by atoms with Crippen LogP contribution >= 0.6 is 11.3 Å². The Bertz CT molecular complexity index is 1120. The van der Waals surface area contributed by atoms with E-state index in [-0.39, 0.29) is 5.91 Å². The third kappa shape index (κ3) is 3.49. The Morgan fingerprint density at radius 2 is 1.86 bits per heavy atom. The van der Waals surface area contributed by atoms with Gasteiger partial charge in [0.25, 0.3) is 5.91 Å². The molecule has 1 N–H and O–H groups in total. The van der Waals surface area contributed by atoms with E-state index in [1.807, 2.05) is 73.0 Å². The summed E-state index contributed by atoms with van der Waals surface area (Å²) in [4.78, 5) is 19.1. The maximum Gasteiger partial charge on any atom is 0.252 e. The molecule has 1 amide bonds. The number of rotatable bonds is 5. The van der Waals surface area contributed by atoms with Gasteiger partial charge in [0.1, 0.15) is 5.75 Å². The number of para-hydroxylation sites is 1. The number of amides is 1. The number of carbonyl (C=O) groups excluding carboxylic acids is 1. The van der Waals surface area contributed by atoms with Crippen LogP contribution in [-0.4, -0.2) is 18.0 Å². The van der Waals surface area contributed by atoms with Gasteiger partial charge in [-0.05, 0) is 54.3 Å². The third-order valence-corrected chi connectivity index (χ3v) is 5.61. The van der Waals surface area contributed by atoms with Crippen molar-refractivity contribution in [3.8, 4) is 17.0 Å². The molecule has 140 valence electrons. The molecular formula is C23H20N2O2S. The summed E-state index contributed by atoms with van der Waals surface area (Å²) in [5.41, 5.74) is 4.11. The lowest BCUT2D eigenvalue weighted by Crippen LogP contribution is -2.24. The quantitative estimate of drug-likeness (QED) is 0.511. The second-order valence-electron chi connectivity index (χ2n) is 6.47. The fraction of sp³-hybridized carbons (Fsp3) is 0.130. The van der Waals surface area contributed by atoms with Crippen molar-refractivity contribution in [2.24, 2.45) is 0 Å². The summed E-state index contributed by atoms with van der Waals surface area (Å²) in [6.07, 6.45) is 0. The first-order chi connectivity index (χ1) is 13.7. The number of pyridine rings is 1. The van der Waals surface area contributed by atoms with Crippen LogP contribution in [0.5, 0.6) is 5.75 Å². The van der Waals surface area contributed by atoms with Crippen LogP contribution in [0.2, 0.25) is 0 Å². The van der Waals surface area contributed by atoms with Gasteiger partial charge in [0, 0.05) is 15.8 Å². The summed E-state index contributed by atoms with van der Waals surface area (Å²) in [6, 6.07) is 19.5. The number of carbonyl (C=O) groups is 1. The number of aromatic nitrogens is 1. The molecule has 0 bridgehead atoms. The minimum Gasteiger partial charge on any atom is -0.497 e. The third-order valence-electron chi connectivity index (χ3n) is 4.73. The van der Waals surface area contributed by atoms with Crippen LogP contribution in [0.4, 0.5) is 0 Å². The van der Waals surface area contributed by atoms with Crippen molar-refractivity contribution in [2.45, 2.75) is 13.5 Å². The normalized spacial score (nSPS) is 10.8. The van der Waals surface area contributed by atoms with Gasteiger partial charge in [0.15, 0.2) is 0 Å². The van der Waals surface area contributed by atoms with Crippen LogP contribution in [0.25, 0.3) is 22.2 Å². The van der Waals surface area contributed by atoms with Gasteiger partial charge in [0.2, 0.25) is 0 Å². The topological polar surface area (TPSA) is 51.2 Å². The predicted molar refractivity (Wildman–Crippen MR) is 114 cm³/mol. The van der Waals surface area contributed by atoms with Crippen LogP contribution in [0, 0.1) is 6.92 Å². The summed E-state index contributed by atoms with van der Waals surface area (Å²) in [6.45, 7) is 2.48. The van der Waals surface area contributed by atoms with Gasteiger partial charge in [-0.15, -0.1) is 11.3 Å². The molecule has 0 aliphatic heterocycles. The molecule has 0 aliphatic rings. The lowest BCUT2D eigenvalue weighted by atomic mass is 9.97. The number of thiophene rings is 1. The summed E-state index contributed by atoms with van der Waals surface area (Å²) in [7, 11) is 1.64. The number of ether oxygens (including phenoxy) is 1. The monoisotopic (exact) mass is 388 g/mol. The number of fused-ring (bicyclic) bond motifs is 1. The zero-order valence-electron chi connectivity index (χ0n) is 15.7. The lowest BCUT2D eigenvalue weighted by Gasteiger charge is -2.15. The van der Waals surface area contributed by atoms with Gasteiger partial charge < -0.3 is 10.1 Å². The molecule has 0 aliphatic carbocycles. The highest BCUT2D eigenvalue weighted by Gasteiger charge is 2.18. The Labute approximate surface area is 167 Å². The van der Waals surface area contributed by atoms with E-state index in [0.29, 0.717) is 12.1 Å². The number of nitrogens with one attached hydrogen (secondary N) is 1. The van der Waals surface area contributed by atoms with Gasteiger partial charge in [0.05, 0.1) is 30.4 Å². The molecule has 2 heterocycles. The van der Waals surface area contributed by atoms with E-state index in [9.17, 15) is 4.79 Å². The zero-order chi connectivity index (χ0) is 19.5. The Morgan fingerprint density at radius 3 is 2.57 bits per heavy atom. The van der Waals surface area contributed by atoms with E-state index in [2.05, 4.69) is 5.32 Å². The van der Waals surface area contributed by atoms with E-state index in [0.717, 1.165) is 38.4 Å². The molecule has 2 aromatic heterocycles.